The third kappa shape index (κ3) is 6.02. The van der Waals surface area contributed by atoms with E-state index in [1.54, 1.807) is 55.6 Å². The summed E-state index contributed by atoms with van der Waals surface area (Å²) in [7, 11) is 3.11. The SMILES string of the molecule is CNc1cc(C#Cc2ccc(OCc3c(-c4c(Cl)cccc4Cl)noc3C3CC3)cc2Cl)cc(C(=O)OC)c1. The van der Waals surface area contributed by atoms with Crippen LogP contribution in [0.25, 0.3) is 11.3 Å². The summed E-state index contributed by atoms with van der Waals surface area (Å²) in [6.45, 7) is 0.209. The van der Waals surface area contributed by atoms with Crippen LogP contribution in [0.2, 0.25) is 15.1 Å². The number of anilines is 1. The van der Waals surface area contributed by atoms with Gasteiger partial charge in [-0.15, -0.1) is 0 Å². The average Bonchev–Trinajstić information content (AvgIpc) is 3.70. The predicted octanol–water partition coefficient (Wildman–Crippen LogP) is 7.99. The molecule has 1 N–H and O–H groups in total. The number of aromatic nitrogens is 1. The second-order valence-electron chi connectivity index (χ2n) is 8.97. The number of methoxy groups -OCH3 is 1. The molecule has 1 saturated carbocycles. The molecule has 0 aliphatic heterocycles. The number of halogens is 3. The quantitative estimate of drug-likeness (QED) is 0.176. The molecular formula is C30H23Cl3N2O4. The van der Waals surface area contributed by atoms with Crippen LogP contribution in [-0.4, -0.2) is 25.3 Å². The van der Waals surface area contributed by atoms with Gasteiger partial charge >= 0.3 is 5.97 Å². The summed E-state index contributed by atoms with van der Waals surface area (Å²) in [5.41, 5.74) is 4.43. The summed E-state index contributed by atoms with van der Waals surface area (Å²) in [6, 6.07) is 15.8. The molecule has 1 aliphatic rings. The van der Waals surface area contributed by atoms with Crippen LogP contribution in [0.1, 0.15) is 51.6 Å². The first-order valence-corrected chi connectivity index (χ1v) is 13.3. The lowest BCUT2D eigenvalue weighted by Gasteiger charge is -2.10. The molecule has 0 spiro atoms. The van der Waals surface area contributed by atoms with Gasteiger partial charge < -0.3 is 19.3 Å². The maximum absolute atomic E-state index is 12.0. The highest BCUT2D eigenvalue weighted by Crippen LogP contribution is 2.46. The Bertz CT molecular complexity index is 1600. The molecule has 3 aromatic carbocycles. The first-order valence-electron chi connectivity index (χ1n) is 12.2. The van der Waals surface area contributed by atoms with Crippen molar-refractivity contribution in [2.45, 2.75) is 25.4 Å². The van der Waals surface area contributed by atoms with Crippen LogP contribution in [0.4, 0.5) is 5.69 Å². The van der Waals surface area contributed by atoms with Crippen LogP contribution < -0.4 is 10.1 Å². The van der Waals surface area contributed by atoms with Gasteiger partial charge in [0.2, 0.25) is 0 Å². The highest BCUT2D eigenvalue weighted by atomic mass is 35.5. The van der Waals surface area contributed by atoms with Crippen LogP contribution in [0.5, 0.6) is 5.75 Å². The molecule has 5 rings (SSSR count). The molecule has 0 amide bonds. The molecule has 4 aromatic rings. The normalized spacial score (nSPS) is 12.4. The minimum Gasteiger partial charge on any atom is -0.489 e. The monoisotopic (exact) mass is 580 g/mol. The van der Waals surface area contributed by atoms with Crippen molar-refractivity contribution < 1.29 is 18.8 Å². The molecule has 1 fully saturated rings. The fourth-order valence-corrected chi connectivity index (χ4v) is 4.90. The number of carbonyl (C=O) groups excluding carboxylic acids is 1. The number of benzene rings is 3. The smallest absolute Gasteiger partial charge is 0.337 e. The highest BCUT2D eigenvalue weighted by molar-refractivity contribution is 6.39. The largest absolute Gasteiger partial charge is 0.489 e. The summed E-state index contributed by atoms with van der Waals surface area (Å²) in [6.07, 6.45) is 2.07. The van der Waals surface area contributed by atoms with Gasteiger partial charge in [-0.3, -0.25) is 0 Å². The molecule has 198 valence electrons. The number of nitrogens with zero attached hydrogens (tertiary/aromatic N) is 1. The van der Waals surface area contributed by atoms with Crippen molar-refractivity contribution in [1.82, 2.24) is 5.16 Å². The van der Waals surface area contributed by atoms with Crippen molar-refractivity contribution in [3.8, 4) is 28.8 Å². The summed E-state index contributed by atoms with van der Waals surface area (Å²) in [5, 5.41) is 8.73. The van der Waals surface area contributed by atoms with Crippen LogP contribution in [-0.2, 0) is 11.3 Å². The lowest BCUT2D eigenvalue weighted by Crippen LogP contribution is -2.03. The lowest BCUT2D eigenvalue weighted by molar-refractivity contribution is 0.0600. The topological polar surface area (TPSA) is 73.6 Å². The van der Waals surface area contributed by atoms with Crippen LogP contribution in [0.15, 0.2) is 59.1 Å². The molecule has 9 heteroatoms. The first-order chi connectivity index (χ1) is 18.9. The highest BCUT2D eigenvalue weighted by Gasteiger charge is 2.33. The minimum atomic E-state index is -0.438. The number of hydrogen-bond acceptors (Lipinski definition) is 6. The van der Waals surface area contributed by atoms with Crippen molar-refractivity contribution in [2.24, 2.45) is 0 Å². The fourth-order valence-electron chi connectivity index (χ4n) is 4.11. The maximum atomic E-state index is 12.0. The number of hydrogen-bond donors (Lipinski definition) is 1. The minimum absolute atomic E-state index is 0.209. The Morgan fingerprint density at radius 3 is 2.49 bits per heavy atom. The molecule has 0 saturated heterocycles. The number of rotatable bonds is 7. The van der Waals surface area contributed by atoms with Crippen molar-refractivity contribution in [3.63, 3.8) is 0 Å². The summed E-state index contributed by atoms with van der Waals surface area (Å²) in [4.78, 5) is 12.0. The zero-order chi connectivity index (χ0) is 27.5. The molecule has 0 radical (unpaired) electrons. The second kappa shape index (κ2) is 11.6. The number of carbonyl (C=O) groups is 1. The van der Waals surface area contributed by atoms with Crippen LogP contribution >= 0.6 is 34.8 Å². The zero-order valence-corrected chi connectivity index (χ0v) is 23.4. The number of ether oxygens (including phenoxy) is 2. The van der Waals surface area contributed by atoms with E-state index in [-0.39, 0.29) is 6.61 Å². The Morgan fingerprint density at radius 2 is 1.82 bits per heavy atom. The Kier molecular flexibility index (Phi) is 8.04. The van der Waals surface area contributed by atoms with E-state index in [1.165, 1.54) is 7.11 Å². The predicted molar refractivity (Wildman–Crippen MR) is 153 cm³/mol. The second-order valence-corrected chi connectivity index (χ2v) is 10.2. The standard InChI is InChI=1S/C30H23Cl3N2O4/c1-34-21-13-17(12-20(14-21)30(36)37-2)6-7-18-10-11-22(15-26(18)33)38-16-23-28(35-39-29(23)19-8-9-19)27-24(31)4-3-5-25(27)32/h3-5,10-15,19,34H,8-9,16H2,1-2H3. The average molecular weight is 582 g/mol. The van der Waals surface area contributed by atoms with E-state index in [4.69, 9.17) is 48.8 Å². The first kappa shape index (κ1) is 27.0. The third-order valence-electron chi connectivity index (χ3n) is 6.27. The summed E-state index contributed by atoms with van der Waals surface area (Å²) < 4.78 is 16.7. The van der Waals surface area contributed by atoms with E-state index < -0.39 is 5.97 Å². The molecule has 1 heterocycles. The molecule has 6 nitrogen and oxygen atoms in total. The van der Waals surface area contributed by atoms with Crippen molar-refractivity contribution in [2.75, 3.05) is 19.5 Å². The van der Waals surface area contributed by atoms with E-state index in [1.807, 2.05) is 6.07 Å². The molecule has 39 heavy (non-hydrogen) atoms. The Morgan fingerprint density at radius 1 is 1.05 bits per heavy atom. The van der Waals surface area contributed by atoms with E-state index >= 15 is 0 Å². The molecule has 1 aliphatic carbocycles. The number of nitrogens with one attached hydrogen (secondary N) is 1. The molecule has 0 atom stereocenters. The lowest BCUT2D eigenvalue weighted by atomic mass is 10.0. The summed E-state index contributed by atoms with van der Waals surface area (Å²) in [5.74, 6) is 7.37. The van der Waals surface area contributed by atoms with Crippen molar-refractivity contribution in [1.29, 1.82) is 0 Å². The van der Waals surface area contributed by atoms with Gasteiger partial charge in [0.15, 0.2) is 0 Å². The third-order valence-corrected chi connectivity index (χ3v) is 7.22. The van der Waals surface area contributed by atoms with Crippen molar-refractivity contribution in [3.05, 3.63) is 97.7 Å². The van der Waals surface area contributed by atoms with Gasteiger partial charge in [0.05, 0.1) is 33.3 Å². The Hall–Kier alpha value is -3.63. The van der Waals surface area contributed by atoms with Gasteiger partial charge in [-0.1, -0.05) is 57.9 Å². The van der Waals surface area contributed by atoms with E-state index in [9.17, 15) is 4.79 Å². The van der Waals surface area contributed by atoms with Crippen molar-refractivity contribution >= 4 is 46.5 Å². The van der Waals surface area contributed by atoms with Gasteiger partial charge in [0, 0.05) is 41.4 Å². The fraction of sp³-hybridized carbons (Fsp3) is 0.200. The van der Waals surface area contributed by atoms with Gasteiger partial charge in [0.25, 0.3) is 0 Å². The summed E-state index contributed by atoms with van der Waals surface area (Å²) >= 11 is 19.5. The Labute approximate surface area is 241 Å². The van der Waals surface area contributed by atoms with Gasteiger partial charge in [-0.05, 0) is 55.3 Å². The maximum Gasteiger partial charge on any atom is 0.337 e. The molecule has 1 aromatic heterocycles. The number of esters is 1. The molecular weight excluding hydrogens is 559 g/mol. The molecule has 0 unspecified atom stereocenters. The van der Waals surface area contributed by atoms with Gasteiger partial charge in [-0.25, -0.2) is 4.79 Å². The van der Waals surface area contributed by atoms with Gasteiger partial charge in [0.1, 0.15) is 23.8 Å². The van der Waals surface area contributed by atoms with E-state index in [0.717, 1.165) is 29.9 Å². The van der Waals surface area contributed by atoms with Crippen LogP contribution in [0, 0.1) is 11.8 Å². The molecule has 0 bridgehead atoms. The van der Waals surface area contributed by atoms with E-state index in [0.29, 0.717) is 54.7 Å². The Balaban J connectivity index is 1.37. The van der Waals surface area contributed by atoms with Crippen LogP contribution in [0.3, 0.4) is 0 Å². The van der Waals surface area contributed by atoms with E-state index in [2.05, 4.69) is 22.3 Å². The van der Waals surface area contributed by atoms with Gasteiger partial charge in [-0.2, -0.15) is 0 Å². The zero-order valence-electron chi connectivity index (χ0n) is 21.1.